The molecule has 0 heterocycles. The van der Waals surface area contributed by atoms with Gasteiger partial charge in [-0.2, -0.15) is 0 Å². The Hall–Kier alpha value is 1.24. The Morgan fingerprint density at radius 2 is 1.36 bits per heavy atom. The number of nitrogens with zero attached hydrogens (tertiary/aromatic N) is 1. The van der Waals surface area contributed by atoms with E-state index in [1.54, 1.807) is 23.5 Å². The average Bonchev–Trinajstić information content (AvgIpc) is 2.02. The number of hydrogen-bond donors (Lipinski definition) is 0. The van der Waals surface area contributed by atoms with Crippen molar-refractivity contribution in [2.75, 3.05) is 31.6 Å². The van der Waals surface area contributed by atoms with Crippen molar-refractivity contribution >= 4 is 46.7 Å². The molecule has 5 heteroatoms. The minimum absolute atomic E-state index is 0.223. The number of hydrogen-bond acceptors (Lipinski definition) is 3. The number of rotatable bonds is 8. The third-order valence-electron chi connectivity index (χ3n) is 1.64. The van der Waals surface area contributed by atoms with Gasteiger partial charge in [-0.1, -0.05) is 0 Å². The number of thioether (sulfide) groups is 2. The zero-order valence-electron chi connectivity index (χ0n) is 9.00. The standard InChI is InChI=1S/C9H19Cl2NS2/c1-8(10)13-6-4-12(3)5-7-14-9(2)11/h8-9H,4-7H2,1-3H3. The first-order chi connectivity index (χ1) is 6.52. The summed E-state index contributed by atoms with van der Waals surface area (Å²) in [5, 5.41) is 0. The molecular formula is C9H19Cl2NS2. The quantitative estimate of drug-likeness (QED) is 0.624. The van der Waals surface area contributed by atoms with Crippen LogP contribution in [-0.4, -0.2) is 46.0 Å². The maximum atomic E-state index is 5.83. The van der Waals surface area contributed by atoms with Crippen molar-refractivity contribution < 1.29 is 0 Å². The van der Waals surface area contributed by atoms with Gasteiger partial charge in [-0.3, -0.25) is 0 Å². The molecule has 2 unspecified atom stereocenters. The maximum absolute atomic E-state index is 5.83. The van der Waals surface area contributed by atoms with Crippen molar-refractivity contribution in [3.05, 3.63) is 0 Å². The fourth-order valence-corrected chi connectivity index (χ4v) is 2.87. The lowest BCUT2D eigenvalue weighted by Crippen LogP contribution is -2.24. The molecule has 0 spiro atoms. The lowest BCUT2D eigenvalue weighted by molar-refractivity contribution is 0.380. The first-order valence-electron chi connectivity index (χ1n) is 4.72. The molecule has 0 aliphatic rings. The number of alkyl halides is 2. The third-order valence-corrected chi connectivity index (χ3v) is 4.15. The predicted octanol–water partition coefficient (Wildman–Crippen LogP) is 3.55. The molecule has 0 fully saturated rings. The summed E-state index contributed by atoms with van der Waals surface area (Å²) in [6, 6.07) is 0. The van der Waals surface area contributed by atoms with Gasteiger partial charge in [0.2, 0.25) is 0 Å². The Morgan fingerprint density at radius 3 is 1.64 bits per heavy atom. The highest BCUT2D eigenvalue weighted by Crippen LogP contribution is 2.15. The van der Waals surface area contributed by atoms with Gasteiger partial charge < -0.3 is 4.90 Å². The second-order valence-electron chi connectivity index (χ2n) is 3.13. The first kappa shape index (κ1) is 15.2. The van der Waals surface area contributed by atoms with Crippen LogP contribution in [-0.2, 0) is 0 Å². The van der Waals surface area contributed by atoms with Gasteiger partial charge in [-0.25, -0.2) is 0 Å². The van der Waals surface area contributed by atoms with Crippen molar-refractivity contribution in [3.63, 3.8) is 0 Å². The van der Waals surface area contributed by atoms with E-state index in [4.69, 9.17) is 23.2 Å². The smallest absolute Gasteiger partial charge is 0.0761 e. The Morgan fingerprint density at radius 1 is 1.00 bits per heavy atom. The van der Waals surface area contributed by atoms with Gasteiger partial charge in [-0.05, 0) is 20.9 Å². The largest absolute Gasteiger partial charge is 0.305 e. The summed E-state index contributed by atoms with van der Waals surface area (Å²) >= 11 is 15.2. The Kier molecular flexibility index (Phi) is 10.3. The van der Waals surface area contributed by atoms with Crippen LogP contribution in [0.3, 0.4) is 0 Å². The van der Waals surface area contributed by atoms with Crippen molar-refractivity contribution in [2.45, 2.75) is 23.3 Å². The molecule has 2 atom stereocenters. The molecule has 0 aliphatic carbocycles. The fourth-order valence-electron chi connectivity index (χ4n) is 0.854. The zero-order valence-corrected chi connectivity index (χ0v) is 12.1. The van der Waals surface area contributed by atoms with E-state index in [9.17, 15) is 0 Å². The van der Waals surface area contributed by atoms with Crippen molar-refractivity contribution in [2.24, 2.45) is 0 Å². The predicted molar refractivity (Wildman–Crippen MR) is 73.0 cm³/mol. The van der Waals surface area contributed by atoms with Gasteiger partial charge in [-0.15, -0.1) is 46.7 Å². The van der Waals surface area contributed by atoms with E-state index in [2.05, 4.69) is 11.9 Å². The van der Waals surface area contributed by atoms with Crippen LogP contribution in [0.1, 0.15) is 13.8 Å². The molecule has 14 heavy (non-hydrogen) atoms. The number of halogens is 2. The van der Waals surface area contributed by atoms with Gasteiger partial charge in [0.25, 0.3) is 0 Å². The van der Waals surface area contributed by atoms with Crippen LogP contribution in [0.5, 0.6) is 0 Å². The topological polar surface area (TPSA) is 3.24 Å². The van der Waals surface area contributed by atoms with Crippen LogP contribution in [0.4, 0.5) is 0 Å². The lowest BCUT2D eigenvalue weighted by atomic mass is 10.6. The highest BCUT2D eigenvalue weighted by Gasteiger charge is 2.02. The van der Waals surface area contributed by atoms with Crippen LogP contribution in [0.15, 0.2) is 0 Å². The van der Waals surface area contributed by atoms with Gasteiger partial charge in [0, 0.05) is 24.6 Å². The molecule has 0 amide bonds. The summed E-state index contributed by atoms with van der Waals surface area (Å²) < 4.78 is 0.446. The summed E-state index contributed by atoms with van der Waals surface area (Å²) in [5.74, 6) is 2.20. The van der Waals surface area contributed by atoms with Gasteiger partial charge >= 0.3 is 0 Å². The monoisotopic (exact) mass is 275 g/mol. The van der Waals surface area contributed by atoms with E-state index in [1.165, 1.54) is 0 Å². The summed E-state index contributed by atoms with van der Waals surface area (Å²) in [7, 11) is 2.14. The molecule has 0 bridgehead atoms. The van der Waals surface area contributed by atoms with Crippen LogP contribution >= 0.6 is 46.7 Å². The van der Waals surface area contributed by atoms with E-state index >= 15 is 0 Å². The van der Waals surface area contributed by atoms with Gasteiger partial charge in [0.15, 0.2) is 0 Å². The van der Waals surface area contributed by atoms with Crippen LogP contribution in [0, 0.1) is 0 Å². The molecule has 0 aromatic heterocycles. The molecule has 0 N–H and O–H groups in total. The maximum Gasteiger partial charge on any atom is 0.0761 e. The molecule has 0 saturated carbocycles. The van der Waals surface area contributed by atoms with E-state index in [1.807, 2.05) is 13.8 Å². The second kappa shape index (κ2) is 9.46. The van der Waals surface area contributed by atoms with Gasteiger partial charge in [0.05, 0.1) is 9.42 Å². The normalized spacial score (nSPS) is 15.9. The molecule has 0 aromatic rings. The van der Waals surface area contributed by atoms with Crippen molar-refractivity contribution in [1.82, 2.24) is 4.90 Å². The molecule has 1 nitrogen and oxygen atoms in total. The molecule has 0 aliphatic heterocycles. The van der Waals surface area contributed by atoms with E-state index in [0.717, 1.165) is 24.6 Å². The Bertz CT molecular complexity index is 120. The molecule has 0 radical (unpaired) electrons. The van der Waals surface area contributed by atoms with E-state index in [0.29, 0.717) is 0 Å². The Labute approximate surface area is 106 Å². The van der Waals surface area contributed by atoms with Crippen LogP contribution < -0.4 is 0 Å². The summed E-state index contributed by atoms with van der Waals surface area (Å²) in [5.41, 5.74) is 0. The minimum atomic E-state index is 0.223. The second-order valence-corrected chi connectivity index (χ2v) is 7.86. The van der Waals surface area contributed by atoms with Crippen molar-refractivity contribution in [1.29, 1.82) is 0 Å². The van der Waals surface area contributed by atoms with E-state index < -0.39 is 0 Å². The average molecular weight is 276 g/mol. The molecule has 0 aromatic carbocycles. The molecule has 0 saturated heterocycles. The third kappa shape index (κ3) is 11.3. The highest BCUT2D eigenvalue weighted by atomic mass is 35.5. The summed E-state index contributed by atoms with van der Waals surface area (Å²) in [6.07, 6.45) is 0. The molecular weight excluding hydrogens is 257 g/mol. The van der Waals surface area contributed by atoms with Crippen LogP contribution in [0.2, 0.25) is 0 Å². The lowest BCUT2D eigenvalue weighted by Gasteiger charge is -2.16. The first-order valence-corrected chi connectivity index (χ1v) is 7.69. The Balaban J connectivity index is 3.23. The molecule has 0 rings (SSSR count). The summed E-state index contributed by atoms with van der Waals surface area (Å²) in [6.45, 7) is 6.21. The van der Waals surface area contributed by atoms with E-state index in [-0.39, 0.29) is 9.42 Å². The highest BCUT2D eigenvalue weighted by molar-refractivity contribution is 8.01. The summed E-state index contributed by atoms with van der Waals surface area (Å²) in [4.78, 5) is 2.32. The molecule has 86 valence electrons. The van der Waals surface area contributed by atoms with Crippen molar-refractivity contribution in [3.8, 4) is 0 Å². The fraction of sp³-hybridized carbons (Fsp3) is 1.00. The van der Waals surface area contributed by atoms with Crippen LogP contribution in [0.25, 0.3) is 0 Å². The SMILES string of the molecule is CC(Cl)SCCN(C)CCSC(C)Cl. The zero-order chi connectivity index (χ0) is 11.0. The van der Waals surface area contributed by atoms with Gasteiger partial charge in [0.1, 0.15) is 0 Å². The minimum Gasteiger partial charge on any atom is -0.305 e.